The summed E-state index contributed by atoms with van der Waals surface area (Å²) in [5.41, 5.74) is 2.31. The van der Waals surface area contributed by atoms with Crippen LogP contribution in [0.5, 0.6) is 5.75 Å². The van der Waals surface area contributed by atoms with Crippen molar-refractivity contribution in [2.24, 2.45) is 4.99 Å². The fourth-order valence-electron chi connectivity index (χ4n) is 3.77. The summed E-state index contributed by atoms with van der Waals surface area (Å²) < 4.78 is 11.7. The fourth-order valence-corrected chi connectivity index (χ4v) is 3.77. The van der Waals surface area contributed by atoms with E-state index in [2.05, 4.69) is 61.4 Å². The summed E-state index contributed by atoms with van der Waals surface area (Å²) in [4.78, 5) is 7.40. The van der Waals surface area contributed by atoms with Gasteiger partial charge in [-0.1, -0.05) is 12.1 Å². The molecular weight excluding hydrogens is 364 g/mol. The van der Waals surface area contributed by atoms with Crippen LogP contribution in [0.1, 0.15) is 51.2 Å². The van der Waals surface area contributed by atoms with Crippen molar-refractivity contribution in [2.45, 2.75) is 71.7 Å². The van der Waals surface area contributed by atoms with Gasteiger partial charge in [0, 0.05) is 43.7 Å². The normalized spacial score (nSPS) is 19.8. The van der Waals surface area contributed by atoms with Crippen LogP contribution in [0.2, 0.25) is 0 Å². The van der Waals surface area contributed by atoms with Crippen molar-refractivity contribution >= 4 is 5.96 Å². The van der Waals surface area contributed by atoms with Gasteiger partial charge in [-0.25, -0.2) is 4.99 Å². The summed E-state index contributed by atoms with van der Waals surface area (Å²) in [6.45, 7) is 13.6. The Morgan fingerprint density at radius 3 is 2.76 bits per heavy atom. The molecule has 1 aromatic carbocycles. The summed E-state index contributed by atoms with van der Waals surface area (Å²) in [5.74, 6) is 1.79. The highest BCUT2D eigenvalue weighted by Crippen LogP contribution is 2.28. The van der Waals surface area contributed by atoms with Crippen LogP contribution in [0.25, 0.3) is 0 Å². The lowest BCUT2D eigenvalue weighted by Crippen LogP contribution is -2.43. The highest BCUT2D eigenvalue weighted by Gasteiger charge is 2.30. The number of hydrogen-bond donors (Lipinski definition) is 2. The third-order valence-corrected chi connectivity index (χ3v) is 5.50. The SMILES string of the molecule is CCNC(=NCc1ccc(C)cc1OC1CCOC1)NCCN(C(C)C)C1CC1. The van der Waals surface area contributed by atoms with E-state index in [-0.39, 0.29) is 6.10 Å². The Hall–Kier alpha value is -1.79. The lowest BCUT2D eigenvalue weighted by atomic mass is 10.1. The average molecular weight is 403 g/mol. The van der Waals surface area contributed by atoms with Crippen LogP contribution in [0, 0.1) is 6.92 Å². The Balaban J connectivity index is 1.58. The van der Waals surface area contributed by atoms with Crippen LogP contribution in [-0.4, -0.2) is 61.9 Å². The highest BCUT2D eigenvalue weighted by atomic mass is 16.5. The first-order valence-corrected chi connectivity index (χ1v) is 11.2. The van der Waals surface area contributed by atoms with E-state index in [0.29, 0.717) is 19.2 Å². The Morgan fingerprint density at radius 2 is 2.10 bits per heavy atom. The summed E-state index contributed by atoms with van der Waals surface area (Å²) >= 11 is 0. The Bertz CT molecular complexity index is 665. The number of guanidine groups is 1. The smallest absolute Gasteiger partial charge is 0.191 e. The molecule has 0 radical (unpaired) electrons. The summed E-state index contributed by atoms with van der Waals surface area (Å²) in [5, 5.41) is 6.86. The lowest BCUT2D eigenvalue weighted by molar-refractivity contribution is 0.140. The van der Waals surface area contributed by atoms with Gasteiger partial charge in [0.05, 0.1) is 19.8 Å². The maximum absolute atomic E-state index is 6.21. The molecule has 1 aliphatic heterocycles. The minimum absolute atomic E-state index is 0.148. The molecule has 0 bridgehead atoms. The maximum Gasteiger partial charge on any atom is 0.191 e. The van der Waals surface area contributed by atoms with Gasteiger partial charge in [-0.15, -0.1) is 0 Å². The van der Waals surface area contributed by atoms with Crippen LogP contribution in [-0.2, 0) is 11.3 Å². The number of nitrogens with zero attached hydrogens (tertiary/aromatic N) is 2. The van der Waals surface area contributed by atoms with E-state index in [1.807, 2.05) is 0 Å². The number of aliphatic imine (C=N–C) groups is 1. The topological polar surface area (TPSA) is 58.1 Å². The average Bonchev–Trinajstić information content (AvgIpc) is 3.39. The first kappa shape index (κ1) is 21.9. The zero-order valence-corrected chi connectivity index (χ0v) is 18.5. The minimum Gasteiger partial charge on any atom is -0.488 e. The molecule has 1 saturated heterocycles. The molecule has 1 aromatic rings. The predicted octanol–water partition coefficient (Wildman–Crippen LogP) is 3.09. The molecule has 2 aliphatic rings. The first-order chi connectivity index (χ1) is 14.1. The number of benzene rings is 1. The van der Waals surface area contributed by atoms with E-state index in [0.717, 1.165) is 56.0 Å². The second-order valence-electron chi connectivity index (χ2n) is 8.40. The van der Waals surface area contributed by atoms with Crippen molar-refractivity contribution in [3.8, 4) is 5.75 Å². The van der Waals surface area contributed by atoms with Gasteiger partial charge in [0.25, 0.3) is 0 Å². The molecule has 1 saturated carbocycles. The lowest BCUT2D eigenvalue weighted by Gasteiger charge is -2.26. The van der Waals surface area contributed by atoms with Crippen LogP contribution >= 0.6 is 0 Å². The van der Waals surface area contributed by atoms with Gasteiger partial charge < -0.3 is 20.1 Å². The van der Waals surface area contributed by atoms with Crippen molar-refractivity contribution in [3.63, 3.8) is 0 Å². The Morgan fingerprint density at radius 1 is 1.28 bits per heavy atom. The molecular formula is C23H38N4O2. The zero-order valence-electron chi connectivity index (χ0n) is 18.5. The van der Waals surface area contributed by atoms with Gasteiger partial charge in [-0.2, -0.15) is 0 Å². The van der Waals surface area contributed by atoms with E-state index >= 15 is 0 Å². The molecule has 2 N–H and O–H groups in total. The van der Waals surface area contributed by atoms with E-state index in [9.17, 15) is 0 Å². The van der Waals surface area contributed by atoms with Crippen LogP contribution in [0.4, 0.5) is 0 Å². The zero-order chi connectivity index (χ0) is 20.6. The largest absolute Gasteiger partial charge is 0.488 e. The van der Waals surface area contributed by atoms with E-state index in [1.54, 1.807) is 0 Å². The van der Waals surface area contributed by atoms with E-state index < -0.39 is 0 Å². The van der Waals surface area contributed by atoms with E-state index in [4.69, 9.17) is 14.5 Å². The molecule has 1 heterocycles. The molecule has 29 heavy (non-hydrogen) atoms. The minimum atomic E-state index is 0.148. The van der Waals surface area contributed by atoms with Gasteiger partial charge in [-0.3, -0.25) is 4.90 Å². The number of hydrogen-bond acceptors (Lipinski definition) is 4. The molecule has 6 heteroatoms. The second kappa shape index (κ2) is 10.8. The molecule has 0 amide bonds. The van der Waals surface area contributed by atoms with Crippen LogP contribution in [0.3, 0.4) is 0 Å². The monoisotopic (exact) mass is 402 g/mol. The predicted molar refractivity (Wildman–Crippen MR) is 119 cm³/mol. The summed E-state index contributed by atoms with van der Waals surface area (Å²) in [6.07, 6.45) is 3.78. The Kier molecular flexibility index (Phi) is 8.19. The van der Waals surface area contributed by atoms with Crippen molar-refractivity contribution < 1.29 is 9.47 Å². The highest BCUT2D eigenvalue weighted by molar-refractivity contribution is 5.79. The number of nitrogens with one attached hydrogen (secondary N) is 2. The van der Waals surface area contributed by atoms with Crippen molar-refractivity contribution in [1.82, 2.24) is 15.5 Å². The fraction of sp³-hybridized carbons (Fsp3) is 0.696. The first-order valence-electron chi connectivity index (χ1n) is 11.2. The van der Waals surface area contributed by atoms with E-state index in [1.165, 1.54) is 18.4 Å². The third-order valence-electron chi connectivity index (χ3n) is 5.50. The number of rotatable bonds is 10. The Labute approximate surface area is 176 Å². The molecule has 162 valence electrons. The molecule has 6 nitrogen and oxygen atoms in total. The maximum atomic E-state index is 6.21. The summed E-state index contributed by atoms with van der Waals surface area (Å²) in [6, 6.07) is 7.74. The number of aryl methyl sites for hydroxylation is 1. The molecule has 2 fully saturated rings. The quantitative estimate of drug-likeness (QED) is 0.465. The van der Waals surface area contributed by atoms with Gasteiger partial charge >= 0.3 is 0 Å². The van der Waals surface area contributed by atoms with Crippen LogP contribution < -0.4 is 15.4 Å². The standard InChI is InChI=1S/C23H38N4O2/c1-5-24-23(25-11-12-27(17(2)3)20-8-9-20)26-15-19-7-6-18(4)14-22(19)29-21-10-13-28-16-21/h6-7,14,17,20-21H,5,8-13,15-16H2,1-4H3,(H2,24,25,26). The molecule has 1 atom stereocenters. The molecule has 0 aromatic heterocycles. The third kappa shape index (κ3) is 6.89. The van der Waals surface area contributed by atoms with Crippen molar-refractivity contribution in [2.75, 3.05) is 32.8 Å². The molecule has 1 unspecified atom stereocenters. The summed E-state index contributed by atoms with van der Waals surface area (Å²) in [7, 11) is 0. The van der Waals surface area contributed by atoms with Crippen LogP contribution in [0.15, 0.2) is 23.2 Å². The van der Waals surface area contributed by atoms with Crippen molar-refractivity contribution in [1.29, 1.82) is 0 Å². The molecule has 1 aliphatic carbocycles. The van der Waals surface area contributed by atoms with Gasteiger partial charge in [0.15, 0.2) is 5.96 Å². The second-order valence-corrected chi connectivity index (χ2v) is 8.40. The van der Waals surface area contributed by atoms with Crippen molar-refractivity contribution in [3.05, 3.63) is 29.3 Å². The van der Waals surface area contributed by atoms with Gasteiger partial charge in [0.1, 0.15) is 11.9 Å². The molecule has 0 spiro atoms. The van der Waals surface area contributed by atoms with Gasteiger partial charge in [0.2, 0.25) is 0 Å². The number of ether oxygens (including phenoxy) is 2. The molecule has 3 rings (SSSR count). The van der Waals surface area contributed by atoms with Gasteiger partial charge in [-0.05, 0) is 52.2 Å².